The van der Waals surface area contributed by atoms with Crippen LogP contribution in [0, 0.1) is 0 Å². The molecule has 0 saturated heterocycles. The van der Waals surface area contributed by atoms with Crippen LogP contribution >= 0.6 is 0 Å². The summed E-state index contributed by atoms with van der Waals surface area (Å²) in [5.41, 5.74) is 0. The molecule has 30 heavy (non-hydrogen) atoms. The van der Waals surface area contributed by atoms with Gasteiger partial charge in [-0.1, -0.05) is 90.0 Å². The lowest BCUT2D eigenvalue weighted by atomic mass is 10.0. The Morgan fingerprint density at radius 2 is 1.30 bits per heavy atom. The summed E-state index contributed by atoms with van der Waals surface area (Å²) in [5.74, 6) is -1.39. The Labute approximate surface area is 185 Å². The third-order valence-electron chi connectivity index (χ3n) is 5.16. The van der Waals surface area contributed by atoms with Gasteiger partial charge in [0.1, 0.15) is 6.54 Å². The maximum atomic E-state index is 11.9. The third-order valence-corrected chi connectivity index (χ3v) is 5.16. The fourth-order valence-electron chi connectivity index (χ4n) is 3.61. The van der Waals surface area contributed by atoms with Crippen molar-refractivity contribution in [2.75, 3.05) is 27.7 Å². The summed E-state index contributed by atoms with van der Waals surface area (Å²) < 4.78 is 5.88. The Morgan fingerprint density at radius 3 is 1.73 bits per heavy atom. The molecular formula is C25H48NO4+. The molecule has 0 aromatic rings. The number of carbonyl (C=O) groups is 2. The molecule has 1 N–H and O–H groups in total. The van der Waals surface area contributed by atoms with Gasteiger partial charge in [-0.2, -0.15) is 0 Å². The highest BCUT2D eigenvalue weighted by atomic mass is 16.5. The smallest absolute Gasteiger partial charge is 0.330 e. The van der Waals surface area contributed by atoms with Crippen molar-refractivity contribution in [3.8, 4) is 0 Å². The van der Waals surface area contributed by atoms with Crippen LogP contribution in [0.15, 0.2) is 12.2 Å². The Hall–Kier alpha value is -1.36. The van der Waals surface area contributed by atoms with Crippen molar-refractivity contribution >= 4 is 11.9 Å². The molecule has 1 unspecified atom stereocenters. The van der Waals surface area contributed by atoms with Gasteiger partial charge in [0.05, 0.1) is 27.6 Å². The van der Waals surface area contributed by atoms with Crippen LogP contribution in [0.4, 0.5) is 0 Å². The number of carbonyl (C=O) groups excluding carboxylic acids is 1. The summed E-state index contributed by atoms with van der Waals surface area (Å²) in [7, 11) is 5.85. The van der Waals surface area contributed by atoms with E-state index in [2.05, 4.69) is 6.92 Å². The minimum absolute atomic E-state index is 0.159. The van der Waals surface area contributed by atoms with Crippen molar-refractivity contribution in [3.63, 3.8) is 0 Å². The van der Waals surface area contributed by atoms with Gasteiger partial charge in [-0.15, -0.1) is 0 Å². The third kappa shape index (κ3) is 21.4. The number of carboxylic acid groups (broad SMARTS) is 1. The number of ether oxygens (including phenoxy) is 1. The molecule has 0 aliphatic heterocycles. The lowest BCUT2D eigenvalue weighted by Gasteiger charge is -2.28. The minimum Gasteiger partial charge on any atom is -0.481 e. The van der Waals surface area contributed by atoms with Crippen molar-refractivity contribution in [1.29, 1.82) is 0 Å². The monoisotopic (exact) mass is 426 g/mol. The average molecular weight is 427 g/mol. The highest BCUT2D eigenvalue weighted by Gasteiger charge is 2.23. The Kier molecular flexibility index (Phi) is 17.6. The highest BCUT2D eigenvalue weighted by Crippen LogP contribution is 2.13. The summed E-state index contributed by atoms with van der Waals surface area (Å²) in [6, 6.07) is 0. The van der Waals surface area contributed by atoms with Crippen LogP contribution in [0.1, 0.15) is 103 Å². The number of quaternary nitrogens is 1. The molecule has 0 bridgehead atoms. The molecule has 0 amide bonds. The molecular weight excluding hydrogens is 378 g/mol. The molecule has 176 valence electrons. The second-order valence-electron chi connectivity index (χ2n) is 9.56. The van der Waals surface area contributed by atoms with Gasteiger partial charge in [0.2, 0.25) is 0 Å². The van der Waals surface area contributed by atoms with E-state index in [0.717, 1.165) is 12.8 Å². The molecule has 0 aromatic carbocycles. The average Bonchev–Trinajstić information content (AvgIpc) is 2.63. The number of carboxylic acids is 1. The van der Waals surface area contributed by atoms with E-state index in [1.54, 1.807) is 0 Å². The summed E-state index contributed by atoms with van der Waals surface area (Å²) in [6.45, 7) is 2.74. The number of unbranched alkanes of at least 4 members (excludes halogenated alkanes) is 13. The first-order valence-corrected chi connectivity index (χ1v) is 12.1. The zero-order valence-corrected chi connectivity index (χ0v) is 20.2. The van der Waals surface area contributed by atoms with E-state index in [1.165, 1.54) is 83.1 Å². The van der Waals surface area contributed by atoms with Gasteiger partial charge in [-0.25, -0.2) is 4.79 Å². The first-order chi connectivity index (χ1) is 14.2. The molecule has 5 heteroatoms. The molecule has 0 radical (unpaired) electrons. The molecule has 1 atom stereocenters. The van der Waals surface area contributed by atoms with E-state index in [4.69, 9.17) is 9.84 Å². The Bertz CT molecular complexity index is 468. The largest absolute Gasteiger partial charge is 0.481 e. The molecule has 5 nitrogen and oxygen atoms in total. The summed E-state index contributed by atoms with van der Waals surface area (Å²) in [6.07, 6.45) is 20.7. The first kappa shape index (κ1) is 28.6. The van der Waals surface area contributed by atoms with E-state index in [1.807, 2.05) is 27.2 Å². The molecule has 0 rings (SSSR count). The van der Waals surface area contributed by atoms with Crippen molar-refractivity contribution in [3.05, 3.63) is 12.2 Å². The fourth-order valence-corrected chi connectivity index (χ4v) is 3.61. The van der Waals surface area contributed by atoms with Crippen molar-refractivity contribution in [2.45, 2.75) is 109 Å². The lowest BCUT2D eigenvalue weighted by molar-refractivity contribution is -0.873. The van der Waals surface area contributed by atoms with Crippen molar-refractivity contribution in [2.24, 2.45) is 0 Å². The number of esters is 1. The zero-order valence-electron chi connectivity index (χ0n) is 20.2. The molecule has 0 spiro atoms. The summed E-state index contributed by atoms with van der Waals surface area (Å²) in [4.78, 5) is 22.9. The first-order valence-electron chi connectivity index (χ1n) is 12.1. The quantitative estimate of drug-likeness (QED) is 0.110. The van der Waals surface area contributed by atoms with Gasteiger partial charge in [-0.3, -0.25) is 4.79 Å². The molecule has 0 fully saturated rings. The van der Waals surface area contributed by atoms with Gasteiger partial charge in [0.25, 0.3) is 0 Å². The highest BCUT2D eigenvalue weighted by molar-refractivity contribution is 5.82. The van der Waals surface area contributed by atoms with Gasteiger partial charge < -0.3 is 14.3 Å². The zero-order chi connectivity index (χ0) is 22.7. The number of hydrogen-bond acceptors (Lipinski definition) is 3. The van der Waals surface area contributed by atoms with Crippen LogP contribution in [0.3, 0.4) is 0 Å². The molecule has 0 saturated carbocycles. The van der Waals surface area contributed by atoms with Crippen LogP contribution in [-0.2, 0) is 14.3 Å². The lowest BCUT2D eigenvalue weighted by Crippen LogP contribution is -2.43. The molecule has 0 aromatic heterocycles. The van der Waals surface area contributed by atoms with Crippen LogP contribution in [-0.4, -0.2) is 55.3 Å². The Balaban J connectivity index is 3.68. The van der Waals surface area contributed by atoms with Crippen molar-refractivity contribution in [1.82, 2.24) is 0 Å². The molecule has 0 aliphatic carbocycles. The Morgan fingerprint density at radius 1 is 0.833 bits per heavy atom. The van der Waals surface area contributed by atoms with E-state index >= 15 is 0 Å². The van der Waals surface area contributed by atoms with Gasteiger partial charge in [0.15, 0.2) is 6.10 Å². The maximum Gasteiger partial charge on any atom is 0.330 e. The second kappa shape index (κ2) is 18.4. The van der Waals surface area contributed by atoms with Crippen LogP contribution < -0.4 is 0 Å². The van der Waals surface area contributed by atoms with Crippen LogP contribution in [0.25, 0.3) is 0 Å². The van der Waals surface area contributed by atoms with Crippen molar-refractivity contribution < 1.29 is 23.9 Å². The number of likely N-dealkylation sites (N-methyl/N-ethyl adjacent to an activating group) is 1. The summed E-state index contributed by atoms with van der Waals surface area (Å²) >= 11 is 0. The minimum atomic E-state index is -0.947. The predicted molar refractivity (Wildman–Crippen MR) is 124 cm³/mol. The fraction of sp³-hybridized carbons (Fsp3) is 0.840. The molecule has 0 aliphatic rings. The summed E-state index contributed by atoms with van der Waals surface area (Å²) in [5, 5.41) is 8.99. The SMILES string of the molecule is CCCCCCCCCCCCCCCC=CC(=O)OC(CC(=O)O)C[N+](C)(C)C. The normalized spacial score (nSPS) is 12.9. The van der Waals surface area contributed by atoms with Crippen LogP contribution in [0.2, 0.25) is 0 Å². The van der Waals surface area contributed by atoms with E-state index in [-0.39, 0.29) is 6.42 Å². The number of nitrogens with zero attached hydrogens (tertiary/aromatic N) is 1. The van der Waals surface area contributed by atoms with Crippen LogP contribution in [0.5, 0.6) is 0 Å². The van der Waals surface area contributed by atoms with Gasteiger partial charge >= 0.3 is 11.9 Å². The van der Waals surface area contributed by atoms with E-state index in [9.17, 15) is 9.59 Å². The van der Waals surface area contributed by atoms with E-state index in [0.29, 0.717) is 11.0 Å². The number of hydrogen-bond donors (Lipinski definition) is 1. The standard InChI is InChI=1S/C25H47NO4/c1-5-6-7-8-9-10-11-12-13-14-15-16-17-18-19-20-25(29)30-23(21-24(27)28)22-26(2,3)4/h19-20,23H,5-18,21-22H2,1-4H3/p+1. The molecule has 0 heterocycles. The topological polar surface area (TPSA) is 63.6 Å². The van der Waals surface area contributed by atoms with Gasteiger partial charge in [0, 0.05) is 6.08 Å². The van der Waals surface area contributed by atoms with E-state index < -0.39 is 18.0 Å². The predicted octanol–water partition coefficient (Wildman–Crippen LogP) is 6.12. The number of rotatable bonds is 20. The second-order valence-corrected chi connectivity index (χ2v) is 9.56. The number of allylic oxidation sites excluding steroid dienone is 1. The number of aliphatic carboxylic acids is 1. The maximum absolute atomic E-state index is 11.9. The van der Waals surface area contributed by atoms with Gasteiger partial charge in [-0.05, 0) is 12.8 Å².